The third-order valence-corrected chi connectivity index (χ3v) is 8.21. The van der Waals surface area contributed by atoms with Gasteiger partial charge in [0.25, 0.3) is 0 Å². The van der Waals surface area contributed by atoms with Gasteiger partial charge in [-0.15, -0.1) is 0 Å². The van der Waals surface area contributed by atoms with Crippen molar-refractivity contribution in [1.29, 1.82) is 0 Å². The van der Waals surface area contributed by atoms with Crippen LogP contribution in [0.4, 0.5) is 0 Å². The number of halogens is 2. The van der Waals surface area contributed by atoms with E-state index in [0.29, 0.717) is 33.3 Å². The van der Waals surface area contributed by atoms with E-state index in [1.807, 2.05) is 24.3 Å². The van der Waals surface area contributed by atoms with Crippen LogP contribution >= 0.6 is 66.3 Å². The zero-order chi connectivity index (χ0) is 19.6. The standard InChI is InChI=1S/C17H6BBr2N3O2S3/c18-5-23-16(24)12-10(6-1-3-8(19)26-6)14-15(22-28-21-14)11(13(12)17(23)25)7-2-4-9(20)27-7/h1-5,18H. The van der Waals surface area contributed by atoms with Crippen molar-refractivity contribution < 1.29 is 9.59 Å². The van der Waals surface area contributed by atoms with Gasteiger partial charge in [0.1, 0.15) is 0 Å². The molecule has 0 atom stereocenters. The van der Waals surface area contributed by atoms with Gasteiger partial charge < -0.3 is 0 Å². The van der Waals surface area contributed by atoms with Crippen LogP contribution in [-0.4, -0.2) is 39.0 Å². The summed E-state index contributed by atoms with van der Waals surface area (Å²) in [5, 5.41) is 0. The van der Waals surface area contributed by atoms with Crippen molar-refractivity contribution in [1.82, 2.24) is 13.6 Å². The Bertz CT molecular complexity index is 1230. The van der Waals surface area contributed by atoms with Crippen molar-refractivity contribution in [3.8, 4) is 20.9 Å². The molecule has 0 radical (unpaired) electrons. The fourth-order valence-corrected chi connectivity index (χ4v) is 6.74. The van der Waals surface area contributed by atoms with Gasteiger partial charge in [-0.3, -0.25) is 0 Å². The molecule has 0 fully saturated rings. The van der Waals surface area contributed by atoms with Crippen LogP contribution in [0.3, 0.4) is 0 Å². The first kappa shape index (κ1) is 18.5. The molecule has 136 valence electrons. The molecule has 5 nitrogen and oxygen atoms in total. The molecule has 28 heavy (non-hydrogen) atoms. The van der Waals surface area contributed by atoms with Crippen LogP contribution in [0.5, 0.6) is 0 Å². The number of fused-ring (bicyclic) bond motifs is 2. The summed E-state index contributed by atoms with van der Waals surface area (Å²) in [6.07, 6.45) is 1.26. The number of carbonyl (C=O) groups is 2. The molecule has 0 spiro atoms. The van der Waals surface area contributed by atoms with E-state index in [2.05, 4.69) is 48.1 Å². The Morgan fingerprint density at radius 1 is 0.821 bits per heavy atom. The molecule has 0 unspecified atom stereocenters. The number of carbonyl (C=O) groups excluding carboxylic acids is 2. The first-order chi connectivity index (χ1) is 13.5. The van der Waals surface area contributed by atoms with E-state index in [1.165, 1.54) is 28.8 Å². The van der Waals surface area contributed by atoms with Gasteiger partial charge in [-0.25, -0.2) is 0 Å². The number of aromatic nitrogens is 2. The molecule has 0 bridgehead atoms. The van der Waals surface area contributed by atoms with E-state index >= 15 is 0 Å². The molecule has 5 rings (SSSR count). The fraction of sp³-hybridized carbons (Fsp3) is 0. The fourth-order valence-electron chi connectivity index (χ4n) is 3.31. The third-order valence-electron chi connectivity index (χ3n) is 4.40. The van der Waals surface area contributed by atoms with Crippen LogP contribution in [0.2, 0.25) is 0 Å². The minimum absolute atomic E-state index is 0.360. The van der Waals surface area contributed by atoms with Crippen LogP contribution in [0.1, 0.15) is 20.7 Å². The molecular weight excluding hydrogens is 545 g/mol. The number of hydrogen-bond acceptors (Lipinski definition) is 7. The molecular formula is C17H6BBr2N3O2S3. The SMILES string of the molecule is B=CN1C(=O)c2c(c(-c3ccc(Br)s3)c3nsnc3c2-c2ccc(Br)s2)C1=O. The molecule has 0 saturated heterocycles. The van der Waals surface area contributed by atoms with Gasteiger partial charge in [-0.1, -0.05) is 0 Å². The molecule has 0 saturated carbocycles. The van der Waals surface area contributed by atoms with Gasteiger partial charge in [0.15, 0.2) is 0 Å². The molecule has 4 heterocycles. The molecule has 1 aliphatic rings. The second kappa shape index (κ2) is 6.77. The number of nitrogens with zero attached hydrogens (tertiary/aromatic N) is 3. The number of hydrogen-bond donors (Lipinski definition) is 0. The Hall–Kier alpha value is -1.53. The quantitative estimate of drug-likeness (QED) is 0.268. The Balaban J connectivity index is 1.98. The van der Waals surface area contributed by atoms with Gasteiger partial charge in [0, 0.05) is 0 Å². The van der Waals surface area contributed by atoms with Crippen LogP contribution in [0, 0.1) is 0 Å². The van der Waals surface area contributed by atoms with Crippen LogP contribution < -0.4 is 0 Å². The maximum absolute atomic E-state index is 13.2. The van der Waals surface area contributed by atoms with Crippen molar-refractivity contribution in [2.24, 2.45) is 0 Å². The van der Waals surface area contributed by atoms with E-state index in [1.54, 1.807) is 0 Å². The Kier molecular flexibility index (Phi) is 4.47. The van der Waals surface area contributed by atoms with Crippen molar-refractivity contribution in [3.05, 3.63) is 43.0 Å². The van der Waals surface area contributed by atoms with Gasteiger partial charge >= 0.3 is 190 Å². The summed E-state index contributed by atoms with van der Waals surface area (Å²) < 4.78 is 10.8. The van der Waals surface area contributed by atoms with E-state index in [9.17, 15) is 9.59 Å². The monoisotopic (exact) mass is 549 g/mol. The van der Waals surface area contributed by atoms with E-state index < -0.39 is 0 Å². The topological polar surface area (TPSA) is 63.2 Å². The van der Waals surface area contributed by atoms with Crippen LogP contribution in [0.15, 0.2) is 31.8 Å². The van der Waals surface area contributed by atoms with Crippen molar-refractivity contribution in [2.45, 2.75) is 0 Å². The normalized spacial score (nSPS) is 13.5. The predicted octanol–water partition coefficient (Wildman–Crippen LogP) is 4.93. The minimum atomic E-state index is -0.388. The molecule has 0 aliphatic carbocycles. The molecule has 0 N–H and O–H groups in total. The number of rotatable bonds is 3. The molecule has 1 aromatic carbocycles. The number of amides is 2. The second-order valence-electron chi connectivity index (χ2n) is 5.83. The summed E-state index contributed by atoms with van der Waals surface area (Å²) in [6, 6.07) is 7.65. The van der Waals surface area contributed by atoms with Crippen LogP contribution in [0.25, 0.3) is 31.9 Å². The van der Waals surface area contributed by atoms with E-state index in [0.717, 1.165) is 34.0 Å². The number of thiophene rings is 2. The van der Waals surface area contributed by atoms with E-state index in [-0.39, 0.29) is 11.8 Å². The first-order valence-electron chi connectivity index (χ1n) is 7.85. The molecule has 4 aromatic rings. The Morgan fingerprint density at radius 3 is 1.64 bits per heavy atom. The zero-order valence-electron chi connectivity index (χ0n) is 13.7. The molecule has 3 aromatic heterocycles. The Morgan fingerprint density at radius 2 is 1.29 bits per heavy atom. The molecule has 1 aliphatic heterocycles. The number of benzene rings is 1. The third kappa shape index (κ3) is 2.57. The van der Waals surface area contributed by atoms with Gasteiger partial charge in [-0.05, 0) is 0 Å². The number of imide groups is 1. The maximum atomic E-state index is 13.2. The summed E-state index contributed by atoms with van der Waals surface area (Å²) in [7, 11) is 3.64. The summed E-state index contributed by atoms with van der Waals surface area (Å²) in [6.45, 7) is 0. The summed E-state index contributed by atoms with van der Waals surface area (Å²) in [5.41, 5.74) is 3.28. The van der Waals surface area contributed by atoms with Crippen molar-refractivity contribution in [2.75, 3.05) is 0 Å². The Labute approximate surface area is 188 Å². The summed E-state index contributed by atoms with van der Waals surface area (Å²) >= 11 is 11.0. The predicted molar refractivity (Wildman–Crippen MR) is 123 cm³/mol. The van der Waals surface area contributed by atoms with Crippen LogP contribution in [-0.2, 0) is 0 Å². The first-order valence-corrected chi connectivity index (χ1v) is 11.8. The van der Waals surface area contributed by atoms with Crippen molar-refractivity contribution >= 4 is 103 Å². The van der Waals surface area contributed by atoms with Gasteiger partial charge in [-0.2, -0.15) is 0 Å². The average Bonchev–Trinajstić information content (AvgIpc) is 3.43. The second-order valence-corrected chi connectivity index (χ2v) is 11.3. The molecule has 2 amide bonds. The summed E-state index contributed by atoms with van der Waals surface area (Å²) in [5.74, 6) is -0.775. The molecule has 11 heteroatoms. The van der Waals surface area contributed by atoms with E-state index in [4.69, 9.17) is 0 Å². The zero-order valence-corrected chi connectivity index (χ0v) is 19.4. The average molecular weight is 551 g/mol. The summed E-state index contributed by atoms with van der Waals surface area (Å²) in [4.78, 5) is 29.1. The van der Waals surface area contributed by atoms with Gasteiger partial charge in [0.05, 0.1) is 0 Å². The van der Waals surface area contributed by atoms with Crippen molar-refractivity contribution in [3.63, 3.8) is 0 Å². The van der Waals surface area contributed by atoms with Gasteiger partial charge in [0.2, 0.25) is 0 Å².